The molecule has 6 heteroatoms. The smallest absolute Gasteiger partial charge is 0.261 e. The summed E-state index contributed by atoms with van der Waals surface area (Å²) in [5, 5.41) is 14.4. The molecule has 0 N–H and O–H groups in total. The third kappa shape index (κ3) is 1.74. The fraction of sp³-hybridized carbons (Fsp3) is 0.222. The molecule has 0 aliphatic rings. The van der Waals surface area contributed by atoms with Gasteiger partial charge in [-0.05, 0) is 18.7 Å². The molecule has 0 unspecified atom stereocenters. The summed E-state index contributed by atoms with van der Waals surface area (Å²) in [4.78, 5) is 3.98. The second kappa shape index (κ2) is 3.79. The van der Waals surface area contributed by atoms with E-state index >= 15 is 0 Å². The molecule has 0 saturated heterocycles. The molecule has 2 aromatic heterocycles. The van der Waals surface area contributed by atoms with Gasteiger partial charge >= 0.3 is 0 Å². The molecule has 0 radical (unpaired) electrons. The Morgan fingerprint density at radius 1 is 1.60 bits per heavy atom. The van der Waals surface area contributed by atoms with Crippen LogP contribution in [-0.2, 0) is 7.05 Å². The van der Waals surface area contributed by atoms with Gasteiger partial charge in [-0.1, -0.05) is 0 Å². The minimum Gasteiger partial charge on any atom is -0.440 e. The van der Waals surface area contributed by atoms with Crippen LogP contribution < -0.4 is 0 Å². The van der Waals surface area contributed by atoms with Crippen molar-refractivity contribution in [3.8, 4) is 6.07 Å². The molecule has 0 aliphatic carbocycles. The highest BCUT2D eigenvalue weighted by Gasteiger charge is 2.15. The molecule has 0 atom stereocenters. The summed E-state index contributed by atoms with van der Waals surface area (Å²) in [6.07, 6.45) is 3.06. The van der Waals surface area contributed by atoms with Gasteiger partial charge in [0.1, 0.15) is 22.9 Å². The normalized spacial score (nSPS) is 10.2. The molecule has 0 saturated carbocycles. The van der Waals surface area contributed by atoms with Crippen LogP contribution in [-0.4, -0.2) is 14.8 Å². The number of nitrogens with zero attached hydrogens (tertiary/aromatic N) is 4. The largest absolute Gasteiger partial charge is 0.440 e. The Morgan fingerprint density at radius 2 is 2.40 bits per heavy atom. The average Bonchev–Trinajstić information content (AvgIpc) is 2.77. The Balaban J connectivity index is 2.40. The summed E-state index contributed by atoms with van der Waals surface area (Å²) in [5.74, 6) is 0. The average molecular weight is 220 g/mol. The van der Waals surface area contributed by atoms with Crippen LogP contribution in [0.3, 0.4) is 0 Å². The number of aryl methyl sites for hydroxylation is 2. The van der Waals surface area contributed by atoms with Crippen LogP contribution in [0.2, 0.25) is 0 Å². The minimum atomic E-state index is 0.509. The van der Waals surface area contributed by atoms with Gasteiger partial charge in [-0.15, -0.1) is 0 Å². The van der Waals surface area contributed by atoms with Crippen molar-refractivity contribution in [1.82, 2.24) is 14.8 Å². The Morgan fingerprint density at radius 3 is 3.00 bits per heavy atom. The molecule has 2 rings (SSSR count). The van der Waals surface area contributed by atoms with Crippen LogP contribution in [0, 0.1) is 18.3 Å². The molecule has 0 spiro atoms. The Labute approximate surface area is 90.7 Å². The standard InChI is InChI=1S/C9H8N4OS/c1-6-7(5-10)8(13(2)12-6)15-9-11-3-4-14-9/h3-4H,1-2H3. The number of aromatic nitrogens is 3. The number of hydrogen-bond donors (Lipinski definition) is 0. The molecular formula is C9H8N4OS. The maximum absolute atomic E-state index is 8.97. The lowest BCUT2D eigenvalue weighted by molar-refractivity contribution is 0.453. The first kappa shape index (κ1) is 9.80. The van der Waals surface area contributed by atoms with Crippen molar-refractivity contribution in [2.45, 2.75) is 17.2 Å². The molecule has 0 aromatic carbocycles. The van der Waals surface area contributed by atoms with Crippen molar-refractivity contribution in [3.63, 3.8) is 0 Å². The predicted molar refractivity (Wildman–Crippen MR) is 53.3 cm³/mol. The van der Waals surface area contributed by atoms with Crippen LogP contribution >= 0.6 is 11.8 Å². The lowest BCUT2D eigenvalue weighted by atomic mass is 10.3. The van der Waals surface area contributed by atoms with Gasteiger partial charge in [0.25, 0.3) is 5.22 Å². The van der Waals surface area contributed by atoms with Gasteiger partial charge < -0.3 is 4.42 Å². The number of oxazole rings is 1. The predicted octanol–water partition coefficient (Wildman–Crippen LogP) is 1.74. The summed E-state index contributed by atoms with van der Waals surface area (Å²) in [6, 6.07) is 2.12. The lowest BCUT2D eigenvalue weighted by Gasteiger charge is -1.97. The zero-order valence-corrected chi connectivity index (χ0v) is 9.08. The molecule has 0 fully saturated rings. The van der Waals surface area contributed by atoms with Gasteiger partial charge in [-0.25, -0.2) is 4.98 Å². The van der Waals surface area contributed by atoms with E-state index in [4.69, 9.17) is 9.68 Å². The Bertz CT molecular complexity index is 509. The first-order chi connectivity index (χ1) is 7.22. The SMILES string of the molecule is Cc1nn(C)c(Sc2ncco2)c1C#N. The van der Waals surface area contributed by atoms with Crippen LogP contribution in [0.1, 0.15) is 11.3 Å². The van der Waals surface area contributed by atoms with Gasteiger partial charge in [-0.2, -0.15) is 10.4 Å². The zero-order chi connectivity index (χ0) is 10.8. The van der Waals surface area contributed by atoms with Gasteiger partial charge in [0.05, 0.1) is 11.9 Å². The molecular weight excluding hydrogens is 212 g/mol. The lowest BCUT2D eigenvalue weighted by Crippen LogP contribution is -1.92. The van der Waals surface area contributed by atoms with E-state index in [2.05, 4.69) is 16.2 Å². The van der Waals surface area contributed by atoms with Gasteiger partial charge in [0.15, 0.2) is 0 Å². The highest BCUT2D eigenvalue weighted by Crippen LogP contribution is 2.29. The molecule has 76 valence electrons. The molecule has 0 amide bonds. The van der Waals surface area contributed by atoms with E-state index in [9.17, 15) is 0 Å². The summed E-state index contributed by atoms with van der Waals surface area (Å²) < 4.78 is 6.76. The van der Waals surface area contributed by atoms with Crippen LogP contribution in [0.25, 0.3) is 0 Å². The molecule has 5 nitrogen and oxygen atoms in total. The summed E-state index contributed by atoms with van der Waals surface area (Å²) in [7, 11) is 1.79. The quantitative estimate of drug-likeness (QED) is 0.771. The van der Waals surface area contributed by atoms with Crippen molar-refractivity contribution >= 4 is 11.8 Å². The van der Waals surface area contributed by atoms with E-state index in [0.29, 0.717) is 16.5 Å². The third-order valence-corrected chi connectivity index (χ3v) is 2.91. The van der Waals surface area contributed by atoms with E-state index < -0.39 is 0 Å². The van der Waals surface area contributed by atoms with Crippen molar-refractivity contribution in [3.05, 3.63) is 23.7 Å². The van der Waals surface area contributed by atoms with Crippen LogP contribution in [0.15, 0.2) is 27.1 Å². The van der Waals surface area contributed by atoms with Crippen LogP contribution in [0.4, 0.5) is 0 Å². The van der Waals surface area contributed by atoms with Gasteiger partial charge in [-0.3, -0.25) is 4.68 Å². The topological polar surface area (TPSA) is 67.6 Å². The summed E-state index contributed by atoms with van der Waals surface area (Å²) in [5.41, 5.74) is 1.29. The maximum atomic E-state index is 8.97. The summed E-state index contributed by atoms with van der Waals surface area (Å²) >= 11 is 1.29. The summed E-state index contributed by atoms with van der Waals surface area (Å²) in [6.45, 7) is 1.80. The third-order valence-electron chi connectivity index (χ3n) is 1.88. The monoisotopic (exact) mass is 220 g/mol. The highest BCUT2D eigenvalue weighted by molar-refractivity contribution is 7.99. The van der Waals surface area contributed by atoms with E-state index in [1.807, 2.05) is 0 Å². The zero-order valence-electron chi connectivity index (χ0n) is 8.26. The Hall–Kier alpha value is -1.74. The fourth-order valence-corrected chi connectivity index (χ4v) is 2.08. The van der Waals surface area contributed by atoms with E-state index in [1.165, 1.54) is 18.0 Å². The molecule has 15 heavy (non-hydrogen) atoms. The first-order valence-electron chi connectivity index (χ1n) is 4.23. The first-order valence-corrected chi connectivity index (χ1v) is 5.05. The Kier molecular flexibility index (Phi) is 2.47. The van der Waals surface area contributed by atoms with Crippen molar-refractivity contribution in [2.24, 2.45) is 7.05 Å². The van der Waals surface area contributed by atoms with Gasteiger partial charge in [0, 0.05) is 7.05 Å². The van der Waals surface area contributed by atoms with E-state index in [0.717, 1.165) is 5.03 Å². The van der Waals surface area contributed by atoms with Crippen molar-refractivity contribution in [2.75, 3.05) is 0 Å². The van der Waals surface area contributed by atoms with E-state index in [-0.39, 0.29) is 0 Å². The number of hydrogen-bond acceptors (Lipinski definition) is 5. The number of rotatable bonds is 2. The van der Waals surface area contributed by atoms with Crippen LogP contribution in [0.5, 0.6) is 0 Å². The maximum Gasteiger partial charge on any atom is 0.261 e. The second-order valence-corrected chi connectivity index (χ2v) is 3.84. The van der Waals surface area contributed by atoms with Crippen molar-refractivity contribution in [1.29, 1.82) is 5.26 Å². The minimum absolute atomic E-state index is 0.509. The second-order valence-electron chi connectivity index (χ2n) is 2.90. The molecule has 2 aromatic rings. The van der Waals surface area contributed by atoms with Crippen molar-refractivity contribution < 1.29 is 4.42 Å². The molecule has 0 bridgehead atoms. The fourth-order valence-electron chi connectivity index (χ4n) is 1.23. The van der Waals surface area contributed by atoms with E-state index in [1.54, 1.807) is 24.9 Å². The highest BCUT2D eigenvalue weighted by atomic mass is 32.2. The number of nitriles is 1. The van der Waals surface area contributed by atoms with Gasteiger partial charge in [0.2, 0.25) is 0 Å². The molecule has 0 aliphatic heterocycles. The molecule has 2 heterocycles.